The van der Waals surface area contributed by atoms with Gasteiger partial charge >= 0.3 is 5.97 Å². The van der Waals surface area contributed by atoms with E-state index in [1.165, 1.54) is 0 Å². The van der Waals surface area contributed by atoms with Crippen molar-refractivity contribution in [2.75, 3.05) is 0 Å². The average molecular weight is 242 g/mol. The Morgan fingerprint density at radius 3 is 2.35 bits per heavy atom. The summed E-state index contributed by atoms with van der Waals surface area (Å²) in [5, 5.41) is 0. The van der Waals surface area contributed by atoms with Crippen LogP contribution in [-0.4, -0.2) is 17.4 Å². The Bertz CT molecular complexity index is 292. The first-order valence-electron chi connectivity index (χ1n) is 6.54. The van der Waals surface area contributed by atoms with Crippen LogP contribution in [0.3, 0.4) is 0 Å². The number of unbranched alkanes of at least 4 members (excludes halogenated alkanes) is 1. The fourth-order valence-electron chi connectivity index (χ4n) is 2.08. The maximum absolute atomic E-state index is 11.8. The van der Waals surface area contributed by atoms with Gasteiger partial charge in [-0.25, -0.2) is 0 Å². The highest BCUT2D eigenvalue weighted by Crippen LogP contribution is 2.44. The molecule has 0 aromatic heterocycles. The molecule has 0 aromatic rings. The molecule has 1 fully saturated rings. The third-order valence-electron chi connectivity index (χ3n) is 3.69. The van der Waals surface area contributed by atoms with E-state index >= 15 is 0 Å². The Morgan fingerprint density at radius 1 is 1.29 bits per heavy atom. The monoisotopic (exact) mass is 242 g/mol. The molecule has 1 saturated heterocycles. The molecule has 3 nitrogen and oxygen atoms in total. The highest BCUT2D eigenvalue weighted by molar-refractivity contribution is 5.71. The maximum atomic E-state index is 11.8. The lowest BCUT2D eigenvalue weighted by Gasteiger charge is -2.49. The molecule has 0 bridgehead atoms. The summed E-state index contributed by atoms with van der Waals surface area (Å²) >= 11 is 0. The van der Waals surface area contributed by atoms with Crippen LogP contribution < -0.4 is 0 Å². The lowest BCUT2D eigenvalue weighted by molar-refractivity contribution is -0.329. The summed E-state index contributed by atoms with van der Waals surface area (Å²) in [6.45, 7) is 12.1. The largest absolute Gasteiger partial charge is 0.433 e. The molecule has 1 rings (SSSR count). The molecule has 0 saturated carbocycles. The van der Waals surface area contributed by atoms with Crippen molar-refractivity contribution < 1.29 is 14.3 Å². The third kappa shape index (κ3) is 3.21. The van der Waals surface area contributed by atoms with Gasteiger partial charge in [0.1, 0.15) is 0 Å². The second-order valence-electron chi connectivity index (χ2n) is 6.50. The van der Waals surface area contributed by atoms with Gasteiger partial charge in [-0.05, 0) is 13.3 Å². The lowest BCUT2D eigenvalue weighted by atomic mass is 9.83. The minimum Gasteiger partial charge on any atom is -0.433 e. The average Bonchev–Trinajstić information content (AvgIpc) is 2.11. The predicted octanol–water partition coefficient (Wildman–Crippen LogP) is 3.66. The van der Waals surface area contributed by atoms with Crippen molar-refractivity contribution in [3.05, 3.63) is 0 Å². The van der Waals surface area contributed by atoms with Crippen LogP contribution in [0.15, 0.2) is 0 Å². The highest BCUT2D eigenvalue weighted by Gasteiger charge is 2.51. The summed E-state index contributed by atoms with van der Waals surface area (Å²) in [6.07, 6.45) is 3.45. The van der Waals surface area contributed by atoms with E-state index in [1.54, 1.807) is 0 Å². The van der Waals surface area contributed by atoms with Crippen molar-refractivity contribution in [1.82, 2.24) is 0 Å². The SMILES string of the molecule is CCCC[C@@]1(C)CC(=O)O[C@](C)(C(C)(C)C)O1. The molecular formula is C14H26O3. The zero-order valence-electron chi connectivity index (χ0n) is 12.1. The molecule has 0 N–H and O–H groups in total. The molecule has 17 heavy (non-hydrogen) atoms. The summed E-state index contributed by atoms with van der Waals surface area (Å²) in [4.78, 5) is 11.8. The van der Waals surface area contributed by atoms with Gasteiger partial charge in [0.25, 0.3) is 0 Å². The first-order valence-corrected chi connectivity index (χ1v) is 6.54. The molecule has 0 aromatic carbocycles. The van der Waals surface area contributed by atoms with Crippen LogP contribution in [0.4, 0.5) is 0 Å². The van der Waals surface area contributed by atoms with Gasteiger partial charge in [-0.3, -0.25) is 4.79 Å². The number of esters is 1. The molecule has 0 amide bonds. The number of hydrogen-bond donors (Lipinski definition) is 0. The van der Waals surface area contributed by atoms with E-state index in [2.05, 4.69) is 6.92 Å². The number of ether oxygens (including phenoxy) is 2. The zero-order chi connectivity index (χ0) is 13.3. The number of carbonyl (C=O) groups excluding carboxylic acids is 1. The molecule has 100 valence electrons. The van der Waals surface area contributed by atoms with E-state index in [0.717, 1.165) is 19.3 Å². The van der Waals surface area contributed by atoms with Crippen LogP contribution in [0, 0.1) is 5.41 Å². The Kier molecular flexibility index (Phi) is 3.92. The molecule has 1 heterocycles. The molecular weight excluding hydrogens is 216 g/mol. The lowest BCUT2D eigenvalue weighted by Crippen LogP contribution is -2.57. The molecule has 0 radical (unpaired) electrons. The molecule has 0 aliphatic carbocycles. The van der Waals surface area contributed by atoms with Gasteiger partial charge in [-0.1, -0.05) is 40.5 Å². The van der Waals surface area contributed by atoms with Crippen molar-refractivity contribution in [1.29, 1.82) is 0 Å². The van der Waals surface area contributed by atoms with Gasteiger partial charge in [0.15, 0.2) is 0 Å². The number of carbonyl (C=O) groups is 1. The smallest absolute Gasteiger partial charge is 0.311 e. The standard InChI is InChI=1S/C14H26O3/c1-7-8-9-13(5)10-11(15)16-14(6,17-13)12(2,3)4/h7-10H2,1-6H3/t13-,14-/m0/s1. The van der Waals surface area contributed by atoms with Gasteiger partial charge < -0.3 is 9.47 Å². The maximum Gasteiger partial charge on any atom is 0.311 e. The minimum atomic E-state index is -0.829. The second-order valence-corrected chi connectivity index (χ2v) is 6.50. The Labute approximate surface area is 105 Å². The van der Waals surface area contributed by atoms with Crippen molar-refractivity contribution in [2.24, 2.45) is 5.41 Å². The molecule has 2 atom stereocenters. The normalized spacial score (nSPS) is 34.6. The van der Waals surface area contributed by atoms with Gasteiger partial charge in [-0.15, -0.1) is 0 Å². The van der Waals surface area contributed by atoms with Crippen LogP contribution in [0.2, 0.25) is 0 Å². The molecule has 0 spiro atoms. The van der Waals surface area contributed by atoms with Gasteiger partial charge in [0.2, 0.25) is 5.79 Å². The van der Waals surface area contributed by atoms with E-state index < -0.39 is 5.79 Å². The van der Waals surface area contributed by atoms with Crippen LogP contribution in [-0.2, 0) is 14.3 Å². The predicted molar refractivity (Wildman–Crippen MR) is 67.6 cm³/mol. The van der Waals surface area contributed by atoms with Crippen molar-refractivity contribution in [2.45, 2.75) is 78.6 Å². The topological polar surface area (TPSA) is 35.5 Å². The van der Waals surface area contributed by atoms with Crippen molar-refractivity contribution >= 4 is 5.97 Å². The van der Waals surface area contributed by atoms with E-state index in [9.17, 15) is 4.79 Å². The second kappa shape index (κ2) is 4.60. The summed E-state index contributed by atoms with van der Waals surface area (Å²) in [5.41, 5.74) is -0.607. The van der Waals surface area contributed by atoms with Crippen molar-refractivity contribution in [3.63, 3.8) is 0 Å². The van der Waals surface area contributed by atoms with Crippen LogP contribution >= 0.6 is 0 Å². The minimum absolute atomic E-state index is 0.146. The molecule has 1 aliphatic heterocycles. The van der Waals surface area contributed by atoms with Gasteiger partial charge in [-0.2, -0.15) is 0 Å². The Morgan fingerprint density at radius 2 is 1.88 bits per heavy atom. The summed E-state index contributed by atoms with van der Waals surface area (Å²) < 4.78 is 11.6. The highest BCUT2D eigenvalue weighted by atomic mass is 16.7. The van der Waals surface area contributed by atoms with Crippen LogP contribution in [0.25, 0.3) is 0 Å². The molecule has 3 heteroatoms. The van der Waals surface area contributed by atoms with E-state index in [1.807, 2.05) is 34.6 Å². The summed E-state index contributed by atoms with van der Waals surface area (Å²) in [6, 6.07) is 0. The van der Waals surface area contributed by atoms with E-state index in [4.69, 9.17) is 9.47 Å². The number of cyclic esters (lactones) is 1. The van der Waals surface area contributed by atoms with Gasteiger partial charge in [0.05, 0.1) is 12.0 Å². The molecule has 1 aliphatic rings. The first kappa shape index (κ1) is 14.5. The zero-order valence-corrected chi connectivity index (χ0v) is 12.1. The Hall–Kier alpha value is -0.570. The Balaban J connectivity index is 2.88. The van der Waals surface area contributed by atoms with E-state index in [-0.39, 0.29) is 17.0 Å². The molecule has 0 unspecified atom stereocenters. The van der Waals surface area contributed by atoms with E-state index in [0.29, 0.717) is 6.42 Å². The summed E-state index contributed by atoms with van der Waals surface area (Å²) in [5.74, 6) is -0.975. The first-order chi connectivity index (χ1) is 7.62. The summed E-state index contributed by atoms with van der Waals surface area (Å²) in [7, 11) is 0. The third-order valence-corrected chi connectivity index (χ3v) is 3.69. The van der Waals surface area contributed by atoms with Crippen molar-refractivity contribution in [3.8, 4) is 0 Å². The quantitative estimate of drug-likeness (QED) is 0.708. The fraction of sp³-hybridized carbons (Fsp3) is 0.929. The number of rotatable bonds is 3. The van der Waals surface area contributed by atoms with Gasteiger partial charge in [0, 0.05) is 12.3 Å². The fourth-order valence-corrected chi connectivity index (χ4v) is 2.08. The number of hydrogen-bond acceptors (Lipinski definition) is 3. The van der Waals surface area contributed by atoms with Crippen LogP contribution in [0.1, 0.15) is 67.2 Å². The van der Waals surface area contributed by atoms with Crippen LogP contribution in [0.5, 0.6) is 0 Å².